The van der Waals surface area contributed by atoms with Gasteiger partial charge in [0.25, 0.3) is 5.91 Å². The van der Waals surface area contributed by atoms with Gasteiger partial charge in [-0.05, 0) is 43.4 Å². The second-order valence-corrected chi connectivity index (χ2v) is 6.62. The number of amides is 1. The Labute approximate surface area is 141 Å². The number of nitrogens with zero attached hydrogens (tertiary/aromatic N) is 3. The molecule has 2 aromatic rings. The molecular weight excluding hydrogens is 302 g/mol. The fraction of sp³-hybridized carbons (Fsp3) is 0.421. The van der Waals surface area contributed by atoms with Crippen molar-refractivity contribution in [2.45, 2.75) is 44.2 Å². The van der Waals surface area contributed by atoms with Gasteiger partial charge in [-0.3, -0.25) is 4.79 Å². The summed E-state index contributed by atoms with van der Waals surface area (Å²) < 4.78 is 5.28. The van der Waals surface area contributed by atoms with Crippen molar-refractivity contribution < 1.29 is 9.53 Å². The fourth-order valence-corrected chi connectivity index (χ4v) is 2.89. The van der Waals surface area contributed by atoms with Crippen LogP contribution in [0.1, 0.15) is 53.3 Å². The molecule has 24 heavy (non-hydrogen) atoms. The van der Waals surface area contributed by atoms with Crippen LogP contribution in [0.25, 0.3) is 0 Å². The lowest BCUT2D eigenvalue weighted by Gasteiger charge is -2.22. The standard InChI is InChI=1S/C19H21N3O2/c1-24-17-4-2-3-13(9-17)12-22(16-7-8-16)19(23)15-10-20-18(21-11-15)14-5-6-14/h2-4,9-11,14,16H,5-8,12H2,1H3. The van der Waals surface area contributed by atoms with E-state index in [9.17, 15) is 4.79 Å². The van der Waals surface area contributed by atoms with Gasteiger partial charge in [0.05, 0.1) is 12.7 Å². The molecule has 0 radical (unpaired) electrons. The fourth-order valence-electron chi connectivity index (χ4n) is 2.89. The van der Waals surface area contributed by atoms with Crippen molar-refractivity contribution in [2.24, 2.45) is 0 Å². The predicted octanol–water partition coefficient (Wildman–Crippen LogP) is 3.17. The maximum absolute atomic E-state index is 12.9. The van der Waals surface area contributed by atoms with Crippen molar-refractivity contribution in [3.8, 4) is 5.75 Å². The van der Waals surface area contributed by atoms with Gasteiger partial charge >= 0.3 is 0 Å². The smallest absolute Gasteiger partial charge is 0.257 e. The first-order valence-corrected chi connectivity index (χ1v) is 8.50. The first kappa shape index (κ1) is 15.1. The Hall–Kier alpha value is -2.43. The molecule has 1 heterocycles. The Balaban J connectivity index is 1.52. The van der Waals surface area contributed by atoms with Gasteiger partial charge in [0, 0.05) is 30.9 Å². The molecule has 5 nitrogen and oxygen atoms in total. The van der Waals surface area contributed by atoms with Crippen molar-refractivity contribution in [3.63, 3.8) is 0 Å². The van der Waals surface area contributed by atoms with E-state index >= 15 is 0 Å². The lowest BCUT2D eigenvalue weighted by molar-refractivity contribution is 0.0729. The molecule has 0 aliphatic heterocycles. The third kappa shape index (κ3) is 3.25. The average Bonchev–Trinajstić information content (AvgIpc) is 3.51. The van der Waals surface area contributed by atoms with Gasteiger partial charge in [-0.2, -0.15) is 0 Å². The van der Waals surface area contributed by atoms with Crippen molar-refractivity contribution in [2.75, 3.05) is 7.11 Å². The van der Waals surface area contributed by atoms with Crippen LogP contribution in [-0.4, -0.2) is 33.9 Å². The molecule has 2 aliphatic carbocycles. The summed E-state index contributed by atoms with van der Waals surface area (Å²) in [5.41, 5.74) is 1.65. The van der Waals surface area contributed by atoms with Crippen LogP contribution in [-0.2, 0) is 6.54 Å². The van der Waals surface area contributed by atoms with E-state index in [1.54, 1.807) is 19.5 Å². The molecule has 5 heteroatoms. The SMILES string of the molecule is COc1cccc(CN(C(=O)c2cnc(C3CC3)nc2)C2CC2)c1. The summed E-state index contributed by atoms with van der Waals surface area (Å²) in [6.07, 6.45) is 7.83. The molecule has 2 saturated carbocycles. The first-order valence-electron chi connectivity index (χ1n) is 8.50. The zero-order valence-electron chi connectivity index (χ0n) is 13.8. The van der Waals surface area contributed by atoms with Crippen LogP contribution < -0.4 is 4.74 Å². The summed E-state index contributed by atoms with van der Waals surface area (Å²) in [7, 11) is 1.65. The third-order valence-corrected chi connectivity index (χ3v) is 4.60. The van der Waals surface area contributed by atoms with Crippen molar-refractivity contribution in [1.29, 1.82) is 0 Å². The van der Waals surface area contributed by atoms with Crippen LogP contribution >= 0.6 is 0 Å². The van der Waals surface area contributed by atoms with Gasteiger partial charge < -0.3 is 9.64 Å². The molecule has 0 atom stereocenters. The van der Waals surface area contributed by atoms with Gasteiger partial charge in [-0.15, -0.1) is 0 Å². The van der Waals surface area contributed by atoms with Crippen molar-refractivity contribution in [1.82, 2.24) is 14.9 Å². The molecule has 1 amide bonds. The van der Waals surface area contributed by atoms with Gasteiger partial charge in [-0.25, -0.2) is 9.97 Å². The van der Waals surface area contributed by atoms with E-state index in [4.69, 9.17) is 4.74 Å². The molecule has 0 unspecified atom stereocenters. The maximum atomic E-state index is 12.9. The average molecular weight is 323 g/mol. The molecule has 0 spiro atoms. The highest BCUT2D eigenvalue weighted by atomic mass is 16.5. The predicted molar refractivity (Wildman–Crippen MR) is 89.9 cm³/mol. The molecule has 0 saturated heterocycles. The number of carbonyl (C=O) groups excluding carboxylic acids is 1. The van der Waals surface area contributed by atoms with Crippen LogP contribution in [0.2, 0.25) is 0 Å². The summed E-state index contributed by atoms with van der Waals surface area (Å²) in [6.45, 7) is 0.588. The highest BCUT2D eigenvalue weighted by Crippen LogP contribution is 2.37. The van der Waals surface area contributed by atoms with Crippen LogP contribution in [0.5, 0.6) is 5.75 Å². The Bertz CT molecular complexity index is 737. The minimum absolute atomic E-state index is 0.0164. The van der Waals surface area contributed by atoms with E-state index in [2.05, 4.69) is 9.97 Å². The van der Waals surface area contributed by atoms with Crippen molar-refractivity contribution in [3.05, 3.63) is 53.6 Å². The third-order valence-electron chi connectivity index (χ3n) is 4.60. The van der Waals surface area contributed by atoms with Gasteiger partial charge in [0.2, 0.25) is 0 Å². The number of benzene rings is 1. The van der Waals surface area contributed by atoms with Crippen LogP contribution in [0.15, 0.2) is 36.7 Å². The molecule has 0 bridgehead atoms. The topological polar surface area (TPSA) is 55.3 Å². The Morgan fingerprint density at radius 2 is 1.96 bits per heavy atom. The molecule has 1 aromatic carbocycles. The number of aromatic nitrogens is 2. The van der Waals surface area contributed by atoms with E-state index < -0.39 is 0 Å². The quantitative estimate of drug-likeness (QED) is 0.819. The second kappa shape index (κ2) is 6.23. The molecule has 4 rings (SSSR count). The Morgan fingerprint density at radius 3 is 2.58 bits per heavy atom. The van der Waals surface area contributed by atoms with E-state index in [1.807, 2.05) is 29.2 Å². The number of methoxy groups -OCH3 is 1. The number of rotatable bonds is 6. The van der Waals surface area contributed by atoms with E-state index in [-0.39, 0.29) is 5.91 Å². The molecule has 124 valence electrons. The van der Waals surface area contributed by atoms with Gasteiger partial charge in [-0.1, -0.05) is 12.1 Å². The number of hydrogen-bond donors (Lipinski definition) is 0. The van der Waals surface area contributed by atoms with Crippen LogP contribution in [0.4, 0.5) is 0 Å². The zero-order chi connectivity index (χ0) is 16.5. The van der Waals surface area contributed by atoms with Crippen LogP contribution in [0, 0.1) is 0 Å². The minimum atomic E-state index is 0.0164. The summed E-state index contributed by atoms with van der Waals surface area (Å²) in [4.78, 5) is 23.6. The van der Waals surface area contributed by atoms with Gasteiger partial charge in [0.1, 0.15) is 11.6 Å². The zero-order valence-corrected chi connectivity index (χ0v) is 13.8. The lowest BCUT2D eigenvalue weighted by atomic mass is 10.2. The van der Waals surface area contributed by atoms with E-state index in [1.165, 1.54) is 0 Å². The second-order valence-electron chi connectivity index (χ2n) is 6.62. The van der Waals surface area contributed by atoms with E-state index in [0.29, 0.717) is 24.1 Å². The van der Waals surface area contributed by atoms with Gasteiger partial charge in [0.15, 0.2) is 0 Å². The molecule has 2 fully saturated rings. The Kier molecular flexibility index (Phi) is 3.92. The number of carbonyl (C=O) groups is 1. The summed E-state index contributed by atoms with van der Waals surface area (Å²) in [5, 5.41) is 0. The number of hydrogen-bond acceptors (Lipinski definition) is 4. The summed E-state index contributed by atoms with van der Waals surface area (Å²) >= 11 is 0. The molecule has 1 aromatic heterocycles. The largest absolute Gasteiger partial charge is 0.497 e. The molecule has 0 N–H and O–H groups in total. The maximum Gasteiger partial charge on any atom is 0.257 e. The lowest BCUT2D eigenvalue weighted by Crippen LogP contribution is -2.32. The number of ether oxygens (including phenoxy) is 1. The minimum Gasteiger partial charge on any atom is -0.497 e. The molecule has 2 aliphatic rings. The first-order chi connectivity index (χ1) is 11.7. The molecular formula is C19H21N3O2. The van der Waals surface area contributed by atoms with Crippen LogP contribution in [0.3, 0.4) is 0 Å². The Morgan fingerprint density at radius 1 is 1.21 bits per heavy atom. The van der Waals surface area contributed by atoms with E-state index in [0.717, 1.165) is 42.8 Å². The summed E-state index contributed by atoms with van der Waals surface area (Å²) in [5.74, 6) is 2.21. The normalized spacial score (nSPS) is 16.7. The summed E-state index contributed by atoms with van der Waals surface area (Å²) in [6, 6.07) is 8.20. The van der Waals surface area contributed by atoms with Crippen molar-refractivity contribution >= 4 is 5.91 Å². The highest BCUT2D eigenvalue weighted by molar-refractivity contribution is 5.94. The monoisotopic (exact) mass is 323 g/mol. The highest BCUT2D eigenvalue weighted by Gasteiger charge is 2.34.